The van der Waals surface area contributed by atoms with E-state index in [-0.39, 0.29) is 28.4 Å². The standard InChI is InChI=1S/C36H36FN3O6S2/c1-5-44-29-18-23(8-13-28(29)45-15-14-20(2)3)31-30(32(41)24-9-12-27-25(17-24)16-21(4)46-27)33(42)34(43)40(31)35-38-39-36(48-35)47-19-22-6-10-26(37)11-7-22/h6-13,17-18,20-21,31,41H,5,14-16,19H2,1-4H3/b32-30+/t21-,31+/m0/s1. The van der Waals surface area contributed by atoms with Crippen LogP contribution in [0.4, 0.5) is 9.52 Å². The fourth-order valence-corrected chi connectivity index (χ4v) is 7.46. The molecule has 1 fully saturated rings. The Morgan fingerprint density at radius 2 is 1.88 bits per heavy atom. The van der Waals surface area contributed by atoms with Crippen molar-refractivity contribution in [2.45, 2.75) is 62.8 Å². The molecule has 48 heavy (non-hydrogen) atoms. The highest BCUT2D eigenvalue weighted by atomic mass is 32.2. The number of Topliss-reactive ketones (excluding diaryl/α,β-unsaturated/α-hetero) is 1. The zero-order valence-corrected chi connectivity index (χ0v) is 28.7. The van der Waals surface area contributed by atoms with Gasteiger partial charge in [0.05, 0.1) is 24.8 Å². The number of aromatic nitrogens is 2. The highest BCUT2D eigenvalue weighted by Gasteiger charge is 2.48. The van der Waals surface area contributed by atoms with E-state index >= 15 is 0 Å². The number of benzene rings is 3. The van der Waals surface area contributed by atoms with Crippen LogP contribution in [-0.4, -0.2) is 46.3 Å². The molecule has 9 nitrogen and oxygen atoms in total. The maximum atomic E-state index is 13.8. The predicted octanol–water partition coefficient (Wildman–Crippen LogP) is 7.74. The number of hydrogen-bond acceptors (Lipinski definition) is 10. The van der Waals surface area contributed by atoms with E-state index in [1.54, 1.807) is 48.5 Å². The van der Waals surface area contributed by atoms with Gasteiger partial charge in [-0.2, -0.15) is 0 Å². The summed E-state index contributed by atoms with van der Waals surface area (Å²) in [6.07, 6.45) is 1.51. The highest BCUT2D eigenvalue weighted by molar-refractivity contribution is 8.00. The molecule has 12 heteroatoms. The number of amides is 1. The molecule has 6 rings (SSSR count). The number of hydrogen-bond donors (Lipinski definition) is 1. The molecular weight excluding hydrogens is 654 g/mol. The molecule has 1 aromatic heterocycles. The van der Waals surface area contributed by atoms with Gasteiger partial charge in [0, 0.05) is 17.7 Å². The number of fused-ring (bicyclic) bond motifs is 1. The molecule has 3 heterocycles. The Hall–Kier alpha value is -4.42. The lowest BCUT2D eigenvalue weighted by molar-refractivity contribution is -0.132. The van der Waals surface area contributed by atoms with Gasteiger partial charge in [0.2, 0.25) is 5.13 Å². The summed E-state index contributed by atoms with van der Waals surface area (Å²) in [6, 6.07) is 15.7. The van der Waals surface area contributed by atoms with Crippen molar-refractivity contribution in [2.24, 2.45) is 5.92 Å². The number of aliphatic hydroxyl groups excluding tert-OH is 1. The first-order valence-corrected chi connectivity index (χ1v) is 17.6. The molecule has 1 amide bonds. The van der Waals surface area contributed by atoms with Crippen LogP contribution in [0.25, 0.3) is 5.76 Å². The Balaban J connectivity index is 1.40. The van der Waals surface area contributed by atoms with Gasteiger partial charge >= 0.3 is 5.91 Å². The summed E-state index contributed by atoms with van der Waals surface area (Å²) in [4.78, 5) is 28.9. The number of anilines is 1. The number of nitrogens with zero attached hydrogens (tertiary/aromatic N) is 3. The first kappa shape index (κ1) is 33.5. The van der Waals surface area contributed by atoms with E-state index in [9.17, 15) is 19.1 Å². The van der Waals surface area contributed by atoms with Gasteiger partial charge in [-0.25, -0.2) is 4.39 Å². The molecule has 4 aromatic rings. The quantitative estimate of drug-likeness (QED) is 0.0525. The molecule has 2 atom stereocenters. The Kier molecular flexibility index (Phi) is 10.0. The molecule has 1 saturated heterocycles. The Morgan fingerprint density at radius 3 is 2.62 bits per heavy atom. The summed E-state index contributed by atoms with van der Waals surface area (Å²) in [5.41, 5.74) is 2.67. The Labute approximate surface area is 286 Å². The molecule has 2 aliphatic heterocycles. The number of thioether (sulfide) groups is 1. The minimum atomic E-state index is -1.03. The Bertz CT molecular complexity index is 1860. The van der Waals surface area contributed by atoms with Crippen molar-refractivity contribution in [3.05, 3.63) is 94.3 Å². The maximum Gasteiger partial charge on any atom is 0.301 e. The summed E-state index contributed by atoms with van der Waals surface area (Å²) in [5, 5.41) is 20.5. The van der Waals surface area contributed by atoms with Crippen LogP contribution in [0.2, 0.25) is 0 Å². The number of halogens is 1. The van der Waals surface area contributed by atoms with E-state index in [4.69, 9.17) is 14.2 Å². The SMILES string of the molecule is CCOc1cc([C@@H]2/C(=C(\O)c3ccc4c(c3)C[C@H](C)O4)C(=O)C(=O)N2c2nnc(SCc3ccc(F)cc3)s2)ccc1OCCC(C)C. The van der Waals surface area contributed by atoms with E-state index in [1.807, 2.05) is 13.8 Å². The molecular formula is C36H36FN3O6S2. The number of aliphatic hydroxyl groups is 1. The van der Waals surface area contributed by atoms with E-state index < -0.39 is 17.7 Å². The van der Waals surface area contributed by atoms with Gasteiger partial charge in [-0.3, -0.25) is 14.5 Å². The van der Waals surface area contributed by atoms with E-state index in [0.717, 1.165) is 34.6 Å². The third-order valence-corrected chi connectivity index (χ3v) is 10.2. The van der Waals surface area contributed by atoms with Crippen LogP contribution in [0.1, 0.15) is 62.4 Å². The minimum absolute atomic E-state index is 0.00578. The number of rotatable bonds is 12. The van der Waals surface area contributed by atoms with Gasteiger partial charge in [0.1, 0.15) is 23.4 Å². The van der Waals surface area contributed by atoms with Gasteiger partial charge < -0.3 is 19.3 Å². The molecule has 0 saturated carbocycles. The second-order valence-electron chi connectivity index (χ2n) is 12.1. The van der Waals surface area contributed by atoms with Crippen LogP contribution in [0.3, 0.4) is 0 Å². The van der Waals surface area contributed by atoms with E-state index in [1.165, 1.54) is 28.8 Å². The van der Waals surface area contributed by atoms with Gasteiger partial charge in [-0.05, 0) is 85.3 Å². The molecule has 0 unspecified atom stereocenters. The lowest BCUT2D eigenvalue weighted by Crippen LogP contribution is -2.29. The molecule has 1 N–H and O–H groups in total. The lowest BCUT2D eigenvalue weighted by atomic mass is 9.94. The molecule has 0 bridgehead atoms. The van der Waals surface area contributed by atoms with Crippen molar-refractivity contribution in [2.75, 3.05) is 18.1 Å². The fraction of sp³-hybridized carbons (Fsp3) is 0.333. The van der Waals surface area contributed by atoms with Crippen LogP contribution in [0.15, 0.2) is 70.6 Å². The first-order valence-electron chi connectivity index (χ1n) is 15.8. The van der Waals surface area contributed by atoms with Crippen LogP contribution >= 0.6 is 23.1 Å². The van der Waals surface area contributed by atoms with Crippen LogP contribution in [-0.2, 0) is 21.8 Å². The predicted molar refractivity (Wildman–Crippen MR) is 183 cm³/mol. The van der Waals surface area contributed by atoms with Crippen LogP contribution < -0.4 is 19.1 Å². The van der Waals surface area contributed by atoms with Crippen molar-refractivity contribution in [1.29, 1.82) is 0 Å². The van der Waals surface area contributed by atoms with E-state index in [0.29, 0.717) is 58.3 Å². The number of ketones is 1. The zero-order chi connectivity index (χ0) is 33.9. The van der Waals surface area contributed by atoms with E-state index in [2.05, 4.69) is 24.0 Å². The van der Waals surface area contributed by atoms with Crippen molar-refractivity contribution in [3.8, 4) is 17.2 Å². The third-order valence-electron chi connectivity index (χ3n) is 8.03. The summed E-state index contributed by atoms with van der Waals surface area (Å²) < 4.78 is 31.8. The van der Waals surface area contributed by atoms with Crippen molar-refractivity contribution < 1.29 is 33.3 Å². The zero-order valence-electron chi connectivity index (χ0n) is 27.1. The number of carbonyl (C=O) groups is 2. The second-order valence-corrected chi connectivity index (χ2v) is 14.2. The topological polar surface area (TPSA) is 111 Å². The second kappa shape index (κ2) is 14.4. The maximum absolute atomic E-state index is 13.8. The smallest absolute Gasteiger partial charge is 0.301 e. The lowest BCUT2D eigenvalue weighted by Gasteiger charge is -2.24. The summed E-state index contributed by atoms with van der Waals surface area (Å²) >= 11 is 2.54. The first-order chi connectivity index (χ1) is 23.1. The van der Waals surface area contributed by atoms with Crippen LogP contribution in [0.5, 0.6) is 17.2 Å². The number of ether oxygens (including phenoxy) is 3. The average molecular weight is 690 g/mol. The van der Waals surface area contributed by atoms with Crippen LogP contribution in [0, 0.1) is 11.7 Å². The fourth-order valence-electron chi connectivity index (χ4n) is 5.64. The normalized spacial score (nSPS) is 18.3. The van der Waals surface area contributed by atoms with Gasteiger partial charge in [-0.15, -0.1) is 10.2 Å². The average Bonchev–Trinajstić information content (AvgIpc) is 3.75. The molecule has 250 valence electrons. The third kappa shape index (κ3) is 7.05. The molecule has 3 aromatic carbocycles. The van der Waals surface area contributed by atoms with Crippen molar-refractivity contribution in [1.82, 2.24) is 10.2 Å². The summed E-state index contributed by atoms with van der Waals surface area (Å²) in [7, 11) is 0. The number of carbonyl (C=O) groups excluding carboxylic acids is 2. The molecule has 2 aliphatic rings. The Morgan fingerprint density at radius 1 is 1.08 bits per heavy atom. The molecule has 0 radical (unpaired) electrons. The molecule has 0 spiro atoms. The highest BCUT2D eigenvalue weighted by Crippen LogP contribution is 2.46. The monoisotopic (exact) mass is 689 g/mol. The summed E-state index contributed by atoms with van der Waals surface area (Å²) in [6.45, 7) is 8.93. The van der Waals surface area contributed by atoms with Crippen molar-refractivity contribution in [3.63, 3.8) is 0 Å². The largest absolute Gasteiger partial charge is 0.507 e. The van der Waals surface area contributed by atoms with Gasteiger partial charge in [-0.1, -0.05) is 55.1 Å². The minimum Gasteiger partial charge on any atom is -0.507 e. The van der Waals surface area contributed by atoms with Gasteiger partial charge in [0.15, 0.2) is 15.8 Å². The van der Waals surface area contributed by atoms with Gasteiger partial charge in [0.25, 0.3) is 5.78 Å². The summed E-state index contributed by atoms with van der Waals surface area (Å²) in [5.74, 6) is 0.408. The van der Waals surface area contributed by atoms with Crippen molar-refractivity contribution >= 4 is 45.7 Å². The molecule has 0 aliphatic carbocycles.